The van der Waals surface area contributed by atoms with E-state index in [1.807, 2.05) is 48.7 Å². The smallest absolute Gasteiger partial charge is 0.124 e. The summed E-state index contributed by atoms with van der Waals surface area (Å²) >= 11 is 0. The number of aliphatic imine (C=N–C) groups is 1. The SMILES string of the molecule is C(/C=C/c1ccccc1)=NC1CCOc2ccccc21. The zero-order chi connectivity index (χ0) is 13.6. The molecule has 0 spiro atoms. The molecule has 1 aliphatic heterocycles. The van der Waals surface area contributed by atoms with Crippen LogP contribution in [0.2, 0.25) is 0 Å². The van der Waals surface area contributed by atoms with Gasteiger partial charge < -0.3 is 4.74 Å². The molecule has 1 atom stereocenters. The molecule has 3 rings (SSSR count). The maximum absolute atomic E-state index is 5.64. The Bertz CT molecular complexity index is 616. The molecular weight excluding hydrogens is 246 g/mol. The molecular formula is C18H17NO. The Labute approximate surface area is 119 Å². The Morgan fingerprint density at radius 3 is 2.70 bits per heavy atom. The molecule has 0 saturated carbocycles. The van der Waals surface area contributed by atoms with Crippen LogP contribution < -0.4 is 4.74 Å². The van der Waals surface area contributed by atoms with Gasteiger partial charge in [0, 0.05) is 18.2 Å². The standard InChI is InChI=1S/C18H17NO/c1-2-7-15(8-3-1)9-6-13-19-17-12-14-20-18-11-5-4-10-16(17)18/h1-11,13,17H,12,14H2/b9-6+,19-13?. The zero-order valence-corrected chi connectivity index (χ0v) is 11.3. The number of benzene rings is 2. The second kappa shape index (κ2) is 6.20. The first-order chi connectivity index (χ1) is 9.93. The third-order valence-electron chi connectivity index (χ3n) is 3.37. The van der Waals surface area contributed by atoms with Gasteiger partial charge in [-0.2, -0.15) is 0 Å². The largest absolute Gasteiger partial charge is 0.493 e. The van der Waals surface area contributed by atoms with Gasteiger partial charge in [0.25, 0.3) is 0 Å². The molecule has 0 amide bonds. The van der Waals surface area contributed by atoms with E-state index in [-0.39, 0.29) is 6.04 Å². The molecule has 20 heavy (non-hydrogen) atoms. The summed E-state index contributed by atoms with van der Waals surface area (Å²) in [5.41, 5.74) is 2.37. The average Bonchev–Trinajstić information content (AvgIpc) is 2.53. The van der Waals surface area contributed by atoms with Crippen molar-refractivity contribution in [2.24, 2.45) is 4.99 Å². The fourth-order valence-corrected chi connectivity index (χ4v) is 2.35. The molecule has 2 aromatic rings. The summed E-state index contributed by atoms with van der Waals surface area (Å²) in [6.07, 6.45) is 6.88. The summed E-state index contributed by atoms with van der Waals surface area (Å²) in [5.74, 6) is 0.966. The van der Waals surface area contributed by atoms with Crippen molar-refractivity contribution in [2.75, 3.05) is 6.61 Å². The van der Waals surface area contributed by atoms with E-state index >= 15 is 0 Å². The molecule has 2 nitrogen and oxygen atoms in total. The zero-order valence-electron chi connectivity index (χ0n) is 11.3. The minimum absolute atomic E-state index is 0.209. The maximum Gasteiger partial charge on any atom is 0.124 e. The van der Waals surface area contributed by atoms with Gasteiger partial charge in [-0.05, 0) is 17.7 Å². The van der Waals surface area contributed by atoms with Crippen molar-refractivity contribution in [3.63, 3.8) is 0 Å². The third kappa shape index (κ3) is 2.97. The summed E-state index contributed by atoms with van der Waals surface area (Å²) in [6, 6.07) is 18.6. The number of ether oxygens (including phenoxy) is 1. The van der Waals surface area contributed by atoms with Crippen LogP contribution in [0.3, 0.4) is 0 Å². The van der Waals surface area contributed by atoms with Crippen LogP contribution in [0.25, 0.3) is 6.08 Å². The highest BCUT2D eigenvalue weighted by atomic mass is 16.5. The molecule has 0 aliphatic carbocycles. The summed E-state index contributed by atoms with van der Waals surface area (Å²) in [6.45, 7) is 0.738. The van der Waals surface area contributed by atoms with E-state index < -0.39 is 0 Å². The van der Waals surface area contributed by atoms with E-state index in [1.54, 1.807) is 0 Å². The van der Waals surface area contributed by atoms with Gasteiger partial charge in [-0.15, -0.1) is 0 Å². The predicted octanol–water partition coefficient (Wildman–Crippen LogP) is 4.29. The molecule has 2 aromatic carbocycles. The Morgan fingerprint density at radius 1 is 1.00 bits per heavy atom. The van der Waals surface area contributed by atoms with Crippen LogP contribution in [-0.2, 0) is 0 Å². The van der Waals surface area contributed by atoms with Gasteiger partial charge in [0.2, 0.25) is 0 Å². The van der Waals surface area contributed by atoms with E-state index in [0.717, 1.165) is 18.8 Å². The highest BCUT2D eigenvalue weighted by Gasteiger charge is 2.19. The minimum Gasteiger partial charge on any atom is -0.493 e. The minimum atomic E-state index is 0.209. The molecule has 0 aromatic heterocycles. The van der Waals surface area contributed by atoms with Crippen LogP contribution in [0.4, 0.5) is 0 Å². The van der Waals surface area contributed by atoms with Crippen LogP contribution in [-0.4, -0.2) is 12.8 Å². The number of allylic oxidation sites excluding steroid dienone is 1. The average molecular weight is 263 g/mol. The number of para-hydroxylation sites is 1. The van der Waals surface area contributed by atoms with Crippen molar-refractivity contribution < 1.29 is 4.74 Å². The molecule has 1 aliphatic rings. The van der Waals surface area contributed by atoms with Gasteiger partial charge >= 0.3 is 0 Å². The molecule has 0 radical (unpaired) electrons. The lowest BCUT2D eigenvalue weighted by Gasteiger charge is -2.22. The van der Waals surface area contributed by atoms with Crippen molar-refractivity contribution >= 4 is 12.3 Å². The van der Waals surface area contributed by atoms with Crippen molar-refractivity contribution in [1.82, 2.24) is 0 Å². The van der Waals surface area contributed by atoms with Crippen LogP contribution in [0, 0.1) is 0 Å². The number of fused-ring (bicyclic) bond motifs is 1. The van der Waals surface area contributed by atoms with Gasteiger partial charge in [0.05, 0.1) is 12.6 Å². The number of hydrogen-bond acceptors (Lipinski definition) is 2. The molecule has 0 N–H and O–H groups in total. The molecule has 0 saturated heterocycles. The van der Waals surface area contributed by atoms with Crippen molar-refractivity contribution in [3.05, 3.63) is 71.8 Å². The number of nitrogens with zero attached hydrogens (tertiary/aromatic N) is 1. The maximum atomic E-state index is 5.64. The fourth-order valence-electron chi connectivity index (χ4n) is 2.35. The first-order valence-corrected chi connectivity index (χ1v) is 6.90. The lowest BCUT2D eigenvalue weighted by molar-refractivity contribution is 0.270. The molecule has 100 valence electrons. The molecule has 1 unspecified atom stereocenters. The van der Waals surface area contributed by atoms with Crippen molar-refractivity contribution in [1.29, 1.82) is 0 Å². The van der Waals surface area contributed by atoms with Gasteiger partial charge in [-0.25, -0.2) is 0 Å². The van der Waals surface area contributed by atoms with E-state index in [1.165, 1.54) is 11.1 Å². The van der Waals surface area contributed by atoms with Crippen molar-refractivity contribution in [3.8, 4) is 5.75 Å². The van der Waals surface area contributed by atoms with Gasteiger partial charge in [-0.3, -0.25) is 4.99 Å². The Kier molecular flexibility index (Phi) is 3.93. The van der Waals surface area contributed by atoms with Gasteiger partial charge in [0.1, 0.15) is 5.75 Å². The highest BCUT2D eigenvalue weighted by molar-refractivity contribution is 5.78. The lowest BCUT2D eigenvalue weighted by Crippen LogP contribution is -2.12. The fraction of sp³-hybridized carbons (Fsp3) is 0.167. The lowest BCUT2D eigenvalue weighted by atomic mass is 10.0. The molecule has 0 fully saturated rings. The normalized spacial score (nSPS) is 18.1. The molecule has 2 heteroatoms. The summed E-state index contributed by atoms with van der Waals surface area (Å²) < 4.78 is 5.64. The quantitative estimate of drug-likeness (QED) is 0.757. The van der Waals surface area contributed by atoms with Crippen LogP contribution >= 0.6 is 0 Å². The summed E-state index contributed by atoms with van der Waals surface area (Å²) in [7, 11) is 0. The highest BCUT2D eigenvalue weighted by Crippen LogP contribution is 2.33. The van der Waals surface area contributed by atoms with Crippen molar-refractivity contribution in [2.45, 2.75) is 12.5 Å². The van der Waals surface area contributed by atoms with E-state index in [2.05, 4.69) is 29.3 Å². The van der Waals surface area contributed by atoms with E-state index in [9.17, 15) is 0 Å². The third-order valence-corrected chi connectivity index (χ3v) is 3.37. The van der Waals surface area contributed by atoms with E-state index in [4.69, 9.17) is 4.74 Å². The predicted molar refractivity (Wildman–Crippen MR) is 83.3 cm³/mol. The topological polar surface area (TPSA) is 21.6 Å². The molecule has 0 bridgehead atoms. The van der Waals surface area contributed by atoms with Crippen LogP contribution in [0.5, 0.6) is 5.75 Å². The second-order valence-corrected chi connectivity index (χ2v) is 4.76. The number of hydrogen-bond donors (Lipinski definition) is 0. The summed E-state index contributed by atoms with van der Waals surface area (Å²) in [5, 5.41) is 0. The Hall–Kier alpha value is -2.35. The summed E-state index contributed by atoms with van der Waals surface area (Å²) in [4.78, 5) is 4.65. The first kappa shape index (κ1) is 12.7. The van der Waals surface area contributed by atoms with E-state index in [0.29, 0.717) is 0 Å². The van der Waals surface area contributed by atoms with Crippen LogP contribution in [0.1, 0.15) is 23.6 Å². The second-order valence-electron chi connectivity index (χ2n) is 4.76. The first-order valence-electron chi connectivity index (χ1n) is 6.90. The van der Waals surface area contributed by atoms with Gasteiger partial charge in [-0.1, -0.05) is 54.6 Å². The monoisotopic (exact) mass is 263 g/mol. The van der Waals surface area contributed by atoms with Gasteiger partial charge in [0.15, 0.2) is 0 Å². The van der Waals surface area contributed by atoms with Crippen LogP contribution in [0.15, 0.2) is 65.7 Å². The Morgan fingerprint density at radius 2 is 1.80 bits per heavy atom. The Balaban J connectivity index is 1.70. The number of rotatable bonds is 3. The molecule has 1 heterocycles.